The van der Waals surface area contributed by atoms with Gasteiger partial charge in [-0.15, -0.1) is 0 Å². The number of carbonyl (C=O) groups is 2. The lowest BCUT2D eigenvalue weighted by Gasteiger charge is -2.29. The number of amides is 2. The second-order valence-electron chi connectivity index (χ2n) is 7.50. The molecule has 3 atom stereocenters. The molecule has 150 valence electrons. The summed E-state index contributed by atoms with van der Waals surface area (Å²) in [7, 11) is 0. The summed E-state index contributed by atoms with van der Waals surface area (Å²) in [6.07, 6.45) is -0.877. The van der Waals surface area contributed by atoms with Crippen molar-refractivity contribution < 1.29 is 14.4 Å². The van der Waals surface area contributed by atoms with Gasteiger partial charge in [-0.05, 0) is 54.4 Å². The Morgan fingerprint density at radius 1 is 0.800 bits per heavy atom. The van der Waals surface area contributed by atoms with Gasteiger partial charge in [-0.1, -0.05) is 54.1 Å². The number of para-hydroxylation sites is 1. The van der Waals surface area contributed by atoms with Crippen molar-refractivity contribution in [3.8, 4) is 0 Å². The predicted molar refractivity (Wildman–Crippen MR) is 115 cm³/mol. The van der Waals surface area contributed by atoms with E-state index in [1.807, 2.05) is 61.5 Å². The van der Waals surface area contributed by atoms with Crippen molar-refractivity contribution in [3.63, 3.8) is 0 Å². The van der Waals surface area contributed by atoms with Crippen LogP contribution in [-0.2, 0) is 14.4 Å². The summed E-state index contributed by atoms with van der Waals surface area (Å²) in [5.74, 6) is -1.27. The van der Waals surface area contributed by atoms with Crippen molar-refractivity contribution in [2.45, 2.75) is 19.1 Å². The molecule has 0 saturated carbocycles. The van der Waals surface area contributed by atoms with Crippen LogP contribution in [0.25, 0.3) is 0 Å². The fourth-order valence-electron chi connectivity index (χ4n) is 4.29. The van der Waals surface area contributed by atoms with Crippen LogP contribution in [-0.4, -0.2) is 17.9 Å². The van der Waals surface area contributed by atoms with Gasteiger partial charge in [0.05, 0.1) is 17.4 Å². The molecule has 2 saturated heterocycles. The first kappa shape index (κ1) is 18.9. The maximum Gasteiger partial charge on any atom is 0.266 e. The van der Waals surface area contributed by atoms with Gasteiger partial charge in [-0.2, -0.15) is 0 Å². The molecule has 6 heteroatoms. The maximum absolute atomic E-state index is 13.5. The highest BCUT2D eigenvalue weighted by Gasteiger charge is 2.60. The van der Waals surface area contributed by atoms with E-state index in [0.29, 0.717) is 10.7 Å². The summed E-state index contributed by atoms with van der Waals surface area (Å²) in [5.41, 5.74) is 3.31. The summed E-state index contributed by atoms with van der Waals surface area (Å²) in [6.45, 7) is 2.00. The predicted octanol–water partition coefficient (Wildman–Crippen LogP) is 4.70. The molecule has 3 aromatic carbocycles. The number of imide groups is 1. The normalized spacial score (nSPS) is 23.2. The third kappa shape index (κ3) is 2.90. The van der Waals surface area contributed by atoms with Crippen LogP contribution < -0.4 is 9.96 Å². The number of anilines is 2. The van der Waals surface area contributed by atoms with Crippen molar-refractivity contribution in [1.82, 2.24) is 0 Å². The third-order valence-corrected chi connectivity index (χ3v) is 5.97. The van der Waals surface area contributed by atoms with Crippen molar-refractivity contribution in [2.24, 2.45) is 5.92 Å². The Balaban J connectivity index is 1.60. The van der Waals surface area contributed by atoms with E-state index in [9.17, 15) is 9.59 Å². The molecule has 5 nitrogen and oxygen atoms in total. The zero-order valence-corrected chi connectivity index (χ0v) is 17.0. The topological polar surface area (TPSA) is 49.9 Å². The van der Waals surface area contributed by atoms with Crippen LogP contribution in [0.3, 0.4) is 0 Å². The molecule has 0 bridgehead atoms. The number of benzene rings is 3. The average Bonchev–Trinajstić information content (AvgIpc) is 3.26. The van der Waals surface area contributed by atoms with E-state index in [-0.39, 0.29) is 11.8 Å². The smallest absolute Gasteiger partial charge is 0.266 e. The van der Waals surface area contributed by atoms with Crippen LogP contribution in [0.1, 0.15) is 17.2 Å². The molecule has 2 fully saturated rings. The lowest BCUT2D eigenvalue weighted by atomic mass is 9.88. The molecule has 0 spiro atoms. The first-order chi connectivity index (χ1) is 14.6. The zero-order chi connectivity index (χ0) is 20.8. The summed E-state index contributed by atoms with van der Waals surface area (Å²) in [5, 5.41) is 2.26. The van der Waals surface area contributed by atoms with Gasteiger partial charge in [0, 0.05) is 5.02 Å². The summed E-state index contributed by atoms with van der Waals surface area (Å²) < 4.78 is 0. The molecule has 2 heterocycles. The molecule has 0 N–H and O–H groups in total. The van der Waals surface area contributed by atoms with E-state index in [2.05, 4.69) is 0 Å². The van der Waals surface area contributed by atoms with Crippen molar-refractivity contribution >= 4 is 34.8 Å². The summed E-state index contributed by atoms with van der Waals surface area (Å²) in [4.78, 5) is 34.1. The largest absolute Gasteiger partial charge is 0.273 e. The zero-order valence-electron chi connectivity index (χ0n) is 16.2. The molecular weight excluding hydrogens is 400 g/mol. The average molecular weight is 419 g/mol. The van der Waals surface area contributed by atoms with Gasteiger partial charge in [-0.25, -0.2) is 9.96 Å². The fourth-order valence-corrected chi connectivity index (χ4v) is 4.42. The quantitative estimate of drug-likeness (QED) is 0.578. The monoisotopic (exact) mass is 418 g/mol. The Morgan fingerprint density at radius 2 is 1.47 bits per heavy atom. The molecule has 2 aliphatic rings. The van der Waals surface area contributed by atoms with Crippen LogP contribution in [0, 0.1) is 12.8 Å². The van der Waals surface area contributed by atoms with E-state index in [0.717, 1.165) is 16.8 Å². The van der Waals surface area contributed by atoms with Crippen molar-refractivity contribution in [2.75, 3.05) is 9.96 Å². The van der Waals surface area contributed by atoms with E-state index in [1.165, 1.54) is 4.90 Å². The fraction of sp³-hybridized carbons (Fsp3) is 0.167. The minimum atomic E-state index is -0.877. The highest BCUT2D eigenvalue weighted by atomic mass is 35.5. The second kappa shape index (κ2) is 7.27. The van der Waals surface area contributed by atoms with E-state index in [4.69, 9.17) is 16.4 Å². The first-order valence-corrected chi connectivity index (χ1v) is 10.1. The molecular formula is C24H19ClN2O3. The van der Waals surface area contributed by atoms with Crippen LogP contribution in [0.15, 0.2) is 78.9 Å². The van der Waals surface area contributed by atoms with Gasteiger partial charge < -0.3 is 0 Å². The van der Waals surface area contributed by atoms with Crippen LogP contribution in [0.4, 0.5) is 11.4 Å². The van der Waals surface area contributed by atoms with Crippen LogP contribution in [0.5, 0.6) is 0 Å². The van der Waals surface area contributed by atoms with Gasteiger partial charge in [-0.3, -0.25) is 14.4 Å². The van der Waals surface area contributed by atoms with Gasteiger partial charge in [0.25, 0.3) is 5.91 Å². The Bertz CT molecular complexity index is 1120. The van der Waals surface area contributed by atoms with Crippen molar-refractivity contribution in [1.29, 1.82) is 0 Å². The Labute approximate surface area is 179 Å². The van der Waals surface area contributed by atoms with Crippen molar-refractivity contribution in [3.05, 3.63) is 95.0 Å². The van der Waals surface area contributed by atoms with E-state index in [1.54, 1.807) is 29.3 Å². The minimum absolute atomic E-state index is 0.265. The standard InChI is InChI=1S/C24H19ClN2O3/c1-15-7-5-6-10-19(15)21-20-22(30-27(21)18-8-3-2-4-9-18)24(29)26(23(20)28)17-13-11-16(25)12-14-17/h2-14,20-22H,1H3/t20-,21-,22-/m1/s1. The Kier molecular flexibility index (Phi) is 4.57. The first-order valence-electron chi connectivity index (χ1n) is 9.76. The Hall–Kier alpha value is -3.15. The van der Waals surface area contributed by atoms with Gasteiger partial charge in [0.1, 0.15) is 5.92 Å². The number of carbonyl (C=O) groups excluding carboxylic acids is 2. The number of hydroxylamine groups is 1. The molecule has 0 unspecified atom stereocenters. The number of rotatable bonds is 3. The second-order valence-corrected chi connectivity index (χ2v) is 7.94. The lowest BCUT2D eigenvalue weighted by Crippen LogP contribution is -2.37. The van der Waals surface area contributed by atoms with Crippen LogP contribution in [0.2, 0.25) is 5.02 Å². The number of halogens is 1. The van der Waals surface area contributed by atoms with E-state index < -0.39 is 18.1 Å². The Morgan fingerprint density at radius 3 is 2.17 bits per heavy atom. The SMILES string of the molecule is Cc1ccccc1[C@@H]1[C@H]2C(=O)N(c3ccc(Cl)cc3)C(=O)[C@@H]2ON1c1ccccc1. The molecule has 2 amide bonds. The number of nitrogens with zero attached hydrogens (tertiary/aromatic N) is 2. The minimum Gasteiger partial charge on any atom is -0.273 e. The highest BCUT2D eigenvalue weighted by molar-refractivity contribution is 6.31. The van der Waals surface area contributed by atoms with E-state index >= 15 is 0 Å². The van der Waals surface area contributed by atoms with Gasteiger partial charge >= 0.3 is 0 Å². The molecule has 0 aromatic heterocycles. The molecule has 30 heavy (non-hydrogen) atoms. The molecule has 3 aromatic rings. The molecule has 2 aliphatic heterocycles. The third-order valence-electron chi connectivity index (χ3n) is 5.72. The van der Waals surface area contributed by atoms with Gasteiger partial charge in [0.15, 0.2) is 6.10 Å². The molecule has 0 aliphatic carbocycles. The summed E-state index contributed by atoms with van der Waals surface area (Å²) >= 11 is 5.97. The molecule has 5 rings (SSSR count). The highest BCUT2D eigenvalue weighted by Crippen LogP contribution is 2.48. The number of fused-ring (bicyclic) bond motifs is 1. The maximum atomic E-state index is 13.5. The summed E-state index contributed by atoms with van der Waals surface area (Å²) in [6, 6.07) is 23.7. The number of hydrogen-bond acceptors (Lipinski definition) is 4. The number of aryl methyl sites for hydroxylation is 1. The molecule has 0 radical (unpaired) electrons. The number of hydrogen-bond donors (Lipinski definition) is 0. The lowest BCUT2D eigenvalue weighted by molar-refractivity contribution is -0.126. The van der Waals surface area contributed by atoms with Gasteiger partial charge in [0.2, 0.25) is 5.91 Å². The van der Waals surface area contributed by atoms with Crippen LogP contribution >= 0.6 is 11.6 Å².